The normalized spacial score (nSPS) is 23.2. The van der Waals surface area contributed by atoms with E-state index in [0.29, 0.717) is 6.04 Å². The quantitative estimate of drug-likeness (QED) is 0.845. The van der Waals surface area contributed by atoms with Gasteiger partial charge in [0.2, 0.25) is 0 Å². The van der Waals surface area contributed by atoms with Crippen molar-refractivity contribution >= 4 is 11.3 Å². The lowest BCUT2D eigenvalue weighted by Gasteiger charge is -2.29. The lowest BCUT2D eigenvalue weighted by atomic mass is 10.1. The topological polar surface area (TPSA) is 15.3 Å². The summed E-state index contributed by atoms with van der Waals surface area (Å²) in [5.74, 6) is 0. The molecule has 108 valence electrons. The largest absolute Gasteiger partial charge is 0.308 e. The summed E-state index contributed by atoms with van der Waals surface area (Å²) in [5.41, 5.74) is 0. The van der Waals surface area contributed by atoms with Gasteiger partial charge in [0.05, 0.1) is 0 Å². The number of hydrogen-bond donors (Lipinski definition) is 1. The van der Waals surface area contributed by atoms with Crippen LogP contribution in [0.15, 0.2) is 17.5 Å². The summed E-state index contributed by atoms with van der Waals surface area (Å²) in [6.07, 6.45) is 6.94. The summed E-state index contributed by atoms with van der Waals surface area (Å²) in [6.45, 7) is 8.22. The fourth-order valence-corrected chi connectivity index (χ4v) is 3.82. The summed E-state index contributed by atoms with van der Waals surface area (Å²) in [7, 11) is 0. The molecule has 2 atom stereocenters. The van der Waals surface area contributed by atoms with Crippen LogP contribution in [0.25, 0.3) is 0 Å². The first-order valence-corrected chi connectivity index (χ1v) is 8.70. The molecule has 1 aromatic heterocycles. The molecule has 1 saturated heterocycles. The fourth-order valence-electron chi connectivity index (χ4n) is 3.06. The molecule has 0 aliphatic carbocycles. The van der Waals surface area contributed by atoms with Crippen LogP contribution in [0.3, 0.4) is 0 Å². The highest BCUT2D eigenvalue weighted by Gasteiger charge is 2.18. The van der Waals surface area contributed by atoms with E-state index >= 15 is 0 Å². The maximum absolute atomic E-state index is 3.67. The highest BCUT2D eigenvalue weighted by molar-refractivity contribution is 7.10. The van der Waals surface area contributed by atoms with Gasteiger partial charge in [-0.05, 0) is 44.2 Å². The first-order chi connectivity index (χ1) is 9.31. The first kappa shape index (κ1) is 15.0. The van der Waals surface area contributed by atoms with Crippen LogP contribution in [0.1, 0.15) is 56.9 Å². The van der Waals surface area contributed by atoms with Crippen molar-refractivity contribution in [1.29, 1.82) is 0 Å². The van der Waals surface area contributed by atoms with Crippen molar-refractivity contribution in [1.82, 2.24) is 10.2 Å². The molecule has 1 aliphatic heterocycles. The van der Waals surface area contributed by atoms with Gasteiger partial charge in [-0.3, -0.25) is 4.90 Å². The molecule has 0 bridgehead atoms. The van der Waals surface area contributed by atoms with E-state index in [1.165, 1.54) is 50.1 Å². The third kappa shape index (κ3) is 4.59. The van der Waals surface area contributed by atoms with E-state index in [-0.39, 0.29) is 0 Å². The molecule has 0 aromatic carbocycles. The molecule has 2 rings (SSSR count). The maximum atomic E-state index is 3.67. The smallest absolute Gasteiger partial charge is 0.0386 e. The molecule has 1 N–H and O–H groups in total. The SMILES string of the molecule is CCC1CCCCCN1CCNC(C)c1cccs1. The number of thiophene rings is 1. The van der Waals surface area contributed by atoms with Crippen molar-refractivity contribution in [3.05, 3.63) is 22.4 Å². The lowest BCUT2D eigenvalue weighted by Crippen LogP contribution is -2.39. The van der Waals surface area contributed by atoms with Crippen molar-refractivity contribution in [2.75, 3.05) is 19.6 Å². The van der Waals surface area contributed by atoms with Crippen molar-refractivity contribution in [3.63, 3.8) is 0 Å². The van der Waals surface area contributed by atoms with Gasteiger partial charge in [0.15, 0.2) is 0 Å². The summed E-state index contributed by atoms with van der Waals surface area (Å²) in [6, 6.07) is 5.68. The Kier molecular flexibility index (Phi) is 6.35. The first-order valence-electron chi connectivity index (χ1n) is 7.82. The van der Waals surface area contributed by atoms with Gasteiger partial charge in [0.25, 0.3) is 0 Å². The van der Waals surface area contributed by atoms with Crippen LogP contribution in [0, 0.1) is 0 Å². The van der Waals surface area contributed by atoms with Crippen LogP contribution in [0.5, 0.6) is 0 Å². The summed E-state index contributed by atoms with van der Waals surface area (Å²) >= 11 is 1.85. The standard InChI is InChI=1S/C16H28N2S/c1-3-15-8-5-4-6-11-18(15)12-10-17-14(2)16-9-7-13-19-16/h7,9,13-15,17H,3-6,8,10-12H2,1-2H3. The Hall–Kier alpha value is -0.380. The number of hydrogen-bond acceptors (Lipinski definition) is 3. The van der Waals surface area contributed by atoms with E-state index in [2.05, 4.69) is 41.6 Å². The molecule has 19 heavy (non-hydrogen) atoms. The van der Waals surface area contributed by atoms with Crippen LogP contribution in [-0.4, -0.2) is 30.6 Å². The second-order valence-electron chi connectivity index (χ2n) is 5.64. The van der Waals surface area contributed by atoms with Crippen LogP contribution < -0.4 is 5.32 Å². The van der Waals surface area contributed by atoms with E-state index in [4.69, 9.17) is 0 Å². The molecular weight excluding hydrogens is 252 g/mol. The van der Waals surface area contributed by atoms with Gasteiger partial charge in [-0.2, -0.15) is 0 Å². The van der Waals surface area contributed by atoms with Gasteiger partial charge in [-0.1, -0.05) is 25.8 Å². The molecule has 0 spiro atoms. The highest BCUT2D eigenvalue weighted by Crippen LogP contribution is 2.20. The van der Waals surface area contributed by atoms with Crippen LogP contribution >= 0.6 is 11.3 Å². The van der Waals surface area contributed by atoms with Gasteiger partial charge >= 0.3 is 0 Å². The average Bonchev–Trinajstić information content (AvgIpc) is 2.86. The highest BCUT2D eigenvalue weighted by atomic mass is 32.1. The van der Waals surface area contributed by atoms with E-state index < -0.39 is 0 Å². The Morgan fingerprint density at radius 1 is 1.42 bits per heavy atom. The van der Waals surface area contributed by atoms with Gasteiger partial charge in [0, 0.05) is 30.1 Å². The Morgan fingerprint density at radius 3 is 3.05 bits per heavy atom. The molecule has 0 saturated carbocycles. The Balaban J connectivity index is 1.74. The van der Waals surface area contributed by atoms with E-state index in [9.17, 15) is 0 Å². The molecule has 0 radical (unpaired) electrons. The number of nitrogens with zero attached hydrogens (tertiary/aromatic N) is 1. The lowest BCUT2D eigenvalue weighted by molar-refractivity contribution is 0.193. The minimum Gasteiger partial charge on any atom is -0.308 e. The van der Waals surface area contributed by atoms with Crippen molar-refractivity contribution < 1.29 is 0 Å². The maximum Gasteiger partial charge on any atom is 0.0386 e. The second kappa shape index (κ2) is 8.03. The zero-order chi connectivity index (χ0) is 13.5. The van der Waals surface area contributed by atoms with Gasteiger partial charge in [-0.15, -0.1) is 11.3 Å². The molecular formula is C16H28N2S. The minimum atomic E-state index is 0.493. The Morgan fingerprint density at radius 2 is 2.32 bits per heavy atom. The predicted octanol–water partition coefficient (Wildman–Crippen LogP) is 4.05. The zero-order valence-electron chi connectivity index (χ0n) is 12.4. The van der Waals surface area contributed by atoms with Gasteiger partial charge < -0.3 is 5.32 Å². The molecule has 3 heteroatoms. The summed E-state index contributed by atoms with van der Waals surface area (Å²) < 4.78 is 0. The Bertz CT molecular complexity index is 337. The predicted molar refractivity (Wildman–Crippen MR) is 84.9 cm³/mol. The van der Waals surface area contributed by atoms with Crippen molar-refractivity contribution in [3.8, 4) is 0 Å². The fraction of sp³-hybridized carbons (Fsp3) is 0.750. The molecule has 1 aromatic rings. The molecule has 1 aliphatic rings. The van der Waals surface area contributed by atoms with Crippen molar-refractivity contribution in [2.45, 2.75) is 58.0 Å². The molecule has 2 unspecified atom stereocenters. The van der Waals surface area contributed by atoms with Crippen molar-refractivity contribution in [2.24, 2.45) is 0 Å². The van der Waals surface area contributed by atoms with E-state index in [1.807, 2.05) is 11.3 Å². The molecule has 1 fully saturated rings. The van der Waals surface area contributed by atoms with Crippen LogP contribution in [0.2, 0.25) is 0 Å². The molecule has 0 amide bonds. The van der Waals surface area contributed by atoms with E-state index in [0.717, 1.165) is 12.6 Å². The van der Waals surface area contributed by atoms with Gasteiger partial charge in [-0.25, -0.2) is 0 Å². The van der Waals surface area contributed by atoms with Gasteiger partial charge in [0.1, 0.15) is 0 Å². The average molecular weight is 280 g/mol. The van der Waals surface area contributed by atoms with Crippen LogP contribution in [0.4, 0.5) is 0 Å². The monoisotopic (exact) mass is 280 g/mol. The van der Waals surface area contributed by atoms with Crippen LogP contribution in [-0.2, 0) is 0 Å². The zero-order valence-corrected chi connectivity index (χ0v) is 13.2. The number of rotatable bonds is 6. The number of nitrogens with one attached hydrogen (secondary N) is 1. The molecule has 2 heterocycles. The van der Waals surface area contributed by atoms with E-state index in [1.54, 1.807) is 0 Å². The summed E-state index contributed by atoms with van der Waals surface area (Å²) in [5, 5.41) is 5.83. The minimum absolute atomic E-state index is 0.493. The third-order valence-electron chi connectivity index (χ3n) is 4.29. The summed E-state index contributed by atoms with van der Waals surface area (Å²) in [4.78, 5) is 4.16. The Labute approximate surface area is 122 Å². The second-order valence-corrected chi connectivity index (χ2v) is 6.62. The number of likely N-dealkylation sites (tertiary alicyclic amines) is 1. The third-order valence-corrected chi connectivity index (χ3v) is 5.34. The molecule has 2 nitrogen and oxygen atoms in total.